The van der Waals surface area contributed by atoms with Gasteiger partial charge in [-0.15, -0.1) is 0 Å². The summed E-state index contributed by atoms with van der Waals surface area (Å²) in [7, 11) is 1.41. The number of esters is 1. The van der Waals surface area contributed by atoms with Crippen LogP contribution in [0.25, 0.3) is 11.1 Å². The maximum atomic E-state index is 13.4. The molecule has 1 fully saturated rings. The number of ether oxygens (including phenoxy) is 1. The number of halogens is 3. The van der Waals surface area contributed by atoms with E-state index in [-0.39, 0.29) is 24.5 Å². The number of anilines is 2. The summed E-state index contributed by atoms with van der Waals surface area (Å²) in [5.41, 5.74) is 5.37. The Labute approximate surface area is 252 Å². The molecule has 41 heavy (non-hydrogen) atoms. The lowest BCUT2D eigenvalue weighted by atomic mass is 9.84. The summed E-state index contributed by atoms with van der Waals surface area (Å²) in [6.45, 7) is 1.99. The van der Waals surface area contributed by atoms with E-state index in [2.05, 4.69) is 26.3 Å². The minimum absolute atomic E-state index is 0.217. The van der Waals surface area contributed by atoms with Crippen molar-refractivity contribution in [1.29, 1.82) is 0 Å². The number of H-pyrrole nitrogens is 1. The number of hydrogen-bond acceptors (Lipinski definition) is 5. The van der Waals surface area contributed by atoms with Crippen LogP contribution in [0, 0.1) is 5.92 Å². The maximum Gasteiger partial charge on any atom is 0.326 e. The Hall–Kier alpha value is -3.56. The molecule has 210 valence electrons. The topological polar surface area (TPSA) is 90.6 Å². The molecule has 1 unspecified atom stereocenters. The number of fused-ring (bicyclic) bond motifs is 1. The molecule has 2 aliphatic heterocycles. The normalized spacial score (nSPS) is 18.7. The van der Waals surface area contributed by atoms with E-state index < -0.39 is 5.92 Å². The summed E-state index contributed by atoms with van der Waals surface area (Å²) in [6, 6.07) is 16.4. The monoisotopic (exact) mass is 609 g/mol. The van der Waals surface area contributed by atoms with E-state index in [9.17, 15) is 9.59 Å². The number of carbonyl (C=O) groups excluding carboxylic acids is 2. The number of benzene rings is 3. The summed E-state index contributed by atoms with van der Waals surface area (Å²) in [4.78, 5) is 37.5. The Morgan fingerprint density at radius 2 is 1.78 bits per heavy atom. The van der Waals surface area contributed by atoms with Crippen LogP contribution in [0.4, 0.5) is 16.2 Å². The first-order valence-electron chi connectivity index (χ1n) is 13.1. The highest BCUT2D eigenvalue weighted by Gasteiger charge is 2.41. The van der Waals surface area contributed by atoms with Gasteiger partial charge in [-0.1, -0.05) is 65.1 Å². The lowest BCUT2D eigenvalue weighted by Gasteiger charge is -2.34. The second-order valence-corrected chi connectivity index (χ2v) is 11.3. The summed E-state index contributed by atoms with van der Waals surface area (Å²) < 4.78 is 5.24. The molecule has 0 bridgehead atoms. The average Bonchev–Trinajstić information content (AvgIpc) is 3.64. The van der Waals surface area contributed by atoms with Gasteiger partial charge in [-0.2, -0.15) is 0 Å². The van der Waals surface area contributed by atoms with Crippen molar-refractivity contribution >= 4 is 58.2 Å². The number of rotatable bonds is 6. The van der Waals surface area contributed by atoms with Crippen molar-refractivity contribution in [3.8, 4) is 11.1 Å². The number of amides is 2. The minimum atomic E-state index is -0.421. The van der Waals surface area contributed by atoms with E-state index >= 15 is 0 Å². The Morgan fingerprint density at radius 1 is 1.02 bits per heavy atom. The number of hydrogen-bond donors (Lipinski definition) is 2. The molecule has 0 saturated carbocycles. The molecular weight excluding hydrogens is 585 g/mol. The minimum Gasteiger partial charge on any atom is -0.469 e. The van der Waals surface area contributed by atoms with E-state index in [1.165, 1.54) is 12.0 Å². The van der Waals surface area contributed by atoms with Crippen molar-refractivity contribution in [3.05, 3.63) is 99.0 Å². The lowest BCUT2D eigenvalue weighted by Crippen LogP contribution is -2.42. The van der Waals surface area contributed by atoms with Gasteiger partial charge >= 0.3 is 12.0 Å². The molecule has 8 nitrogen and oxygen atoms in total. The molecule has 0 spiro atoms. The van der Waals surface area contributed by atoms with Crippen LogP contribution in [-0.4, -0.2) is 47.1 Å². The van der Waals surface area contributed by atoms with Gasteiger partial charge < -0.3 is 15.0 Å². The van der Waals surface area contributed by atoms with Gasteiger partial charge in [0, 0.05) is 60.1 Å². The molecule has 11 heteroatoms. The number of nitrogens with one attached hydrogen (secondary N) is 2. The van der Waals surface area contributed by atoms with Crippen molar-refractivity contribution in [1.82, 2.24) is 20.2 Å². The summed E-state index contributed by atoms with van der Waals surface area (Å²) >= 11 is 19.9. The van der Waals surface area contributed by atoms with Crippen LogP contribution in [0.15, 0.2) is 67.1 Å². The maximum absolute atomic E-state index is 13.4. The van der Waals surface area contributed by atoms with E-state index in [0.717, 1.165) is 27.9 Å². The Morgan fingerprint density at radius 3 is 2.49 bits per heavy atom. The second kappa shape index (κ2) is 11.4. The van der Waals surface area contributed by atoms with Crippen LogP contribution >= 0.6 is 34.8 Å². The Kier molecular flexibility index (Phi) is 7.66. The van der Waals surface area contributed by atoms with Crippen LogP contribution < -0.4 is 10.2 Å². The fraction of sp³-hybridized carbons (Fsp3) is 0.233. The zero-order valence-corrected chi connectivity index (χ0v) is 24.3. The van der Waals surface area contributed by atoms with Crippen molar-refractivity contribution in [2.24, 2.45) is 5.92 Å². The van der Waals surface area contributed by atoms with E-state index in [4.69, 9.17) is 39.5 Å². The molecule has 2 amide bonds. The van der Waals surface area contributed by atoms with Crippen molar-refractivity contribution in [2.75, 3.05) is 25.1 Å². The number of carbonyl (C=O) groups is 2. The van der Waals surface area contributed by atoms with E-state index in [1.54, 1.807) is 30.7 Å². The Bertz CT molecular complexity index is 1610. The number of urea groups is 1. The zero-order valence-electron chi connectivity index (χ0n) is 22.0. The van der Waals surface area contributed by atoms with Crippen LogP contribution in [0.2, 0.25) is 15.1 Å². The molecule has 2 atom stereocenters. The average molecular weight is 611 g/mol. The van der Waals surface area contributed by atoms with Gasteiger partial charge in [0.25, 0.3) is 0 Å². The predicted molar refractivity (Wildman–Crippen MR) is 160 cm³/mol. The van der Waals surface area contributed by atoms with Crippen LogP contribution in [0.5, 0.6) is 0 Å². The predicted octanol–water partition coefficient (Wildman–Crippen LogP) is 6.79. The van der Waals surface area contributed by atoms with E-state index in [1.807, 2.05) is 30.3 Å². The van der Waals surface area contributed by atoms with E-state index in [0.29, 0.717) is 46.1 Å². The third kappa shape index (κ3) is 5.17. The molecule has 6 rings (SSSR count). The van der Waals surface area contributed by atoms with Crippen LogP contribution in [-0.2, 0) is 22.6 Å². The molecular formula is C30H26Cl3N5O3. The first-order valence-corrected chi connectivity index (χ1v) is 14.2. The van der Waals surface area contributed by atoms with Gasteiger partial charge in [-0.25, -0.2) is 9.78 Å². The second-order valence-electron chi connectivity index (χ2n) is 10.1. The van der Waals surface area contributed by atoms with Crippen LogP contribution in [0.3, 0.4) is 0 Å². The highest BCUT2D eigenvalue weighted by atomic mass is 35.5. The van der Waals surface area contributed by atoms with Gasteiger partial charge in [0.15, 0.2) is 0 Å². The third-order valence-electron chi connectivity index (χ3n) is 7.71. The summed E-state index contributed by atoms with van der Waals surface area (Å²) in [5.74, 6) is -0.928. The third-order valence-corrected chi connectivity index (χ3v) is 8.65. The number of aromatic amines is 1. The lowest BCUT2D eigenvalue weighted by molar-refractivity contribution is -0.145. The first-order chi connectivity index (χ1) is 19.9. The summed E-state index contributed by atoms with van der Waals surface area (Å²) in [5, 5.41) is 4.21. The largest absolute Gasteiger partial charge is 0.469 e. The highest BCUT2D eigenvalue weighted by Crippen LogP contribution is 2.47. The Balaban J connectivity index is 1.54. The van der Waals surface area contributed by atoms with Crippen molar-refractivity contribution in [2.45, 2.75) is 19.0 Å². The smallest absolute Gasteiger partial charge is 0.326 e. The number of para-hydroxylation sites is 1. The zero-order chi connectivity index (χ0) is 28.7. The number of nitrogens with zero attached hydrogens (tertiary/aromatic N) is 3. The molecule has 3 aromatic carbocycles. The standard InChI is InChI=1S/C30H26Cl3N5O3/c1-41-29(39)23-15-37(13-18-11-34-16-36-18)14-22(23)17-9-20(19-5-2-3-6-24(19)31)21-12-35-30(40)38(27(21)10-17)28-25(32)7-4-8-26(28)33/h2-11,16,22-23H,12-15H2,1H3,(H,34,36)(H,35,40)/t22?,23-/m0/s1. The van der Waals surface area contributed by atoms with Crippen LogP contribution in [0.1, 0.15) is 22.7 Å². The fourth-order valence-corrected chi connectivity index (χ4v) is 6.63. The van der Waals surface area contributed by atoms with Gasteiger partial charge in [-0.05, 0) is 35.4 Å². The molecule has 0 radical (unpaired) electrons. The SMILES string of the molecule is COC(=O)[C@H]1CN(Cc2cnc[nH]2)CC1c1cc(-c2ccccc2Cl)c2c(c1)N(c1c(Cl)cccc1Cl)C(=O)NC2. The molecule has 1 saturated heterocycles. The molecule has 2 aliphatic rings. The fourth-order valence-electron chi connectivity index (χ4n) is 5.83. The van der Waals surface area contributed by atoms with Crippen molar-refractivity contribution < 1.29 is 14.3 Å². The van der Waals surface area contributed by atoms with Gasteiger partial charge in [0.05, 0.1) is 40.8 Å². The molecule has 4 aromatic rings. The molecule has 3 heterocycles. The van der Waals surface area contributed by atoms with Gasteiger partial charge in [0.1, 0.15) is 0 Å². The molecule has 0 aliphatic carbocycles. The first kappa shape index (κ1) is 27.6. The quantitative estimate of drug-likeness (QED) is 0.235. The highest BCUT2D eigenvalue weighted by molar-refractivity contribution is 6.40. The number of aromatic nitrogens is 2. The summed E-state index contributed by atoms with van der Waals surface area (Å²) in [6.07, 6.45) is 3.41. The molecule has 1 aromatic heterocycles. The van der Waals surface area contributed by atoms with Crippen molar-refractivity contribution in [3.63, 3.8) is 0 Å². The van der Waals surface area contributed by atoms with Gasteiger partial charge in [0.2, 0.25) is 0 Å². The van der Waals surface area contributed by atoms with Gasteiger partial charge in [-0.3, -0.25) is 14.6 Å². The number of imidazole rings is 1. The molecule has 2 N–H and O–H groups in total. The number of methoxy groups -OCH3 is 1. The number of likely N-dealkylation sites (tertiary alicyclic amines) is 1.